The molecular formula is C14H29NO3. The van der Waals surface area contributed by atoms with E-state index in [9.17, 15) is 4.79 Å². The molecule has 0 bridgehead atoms. The Morgan fingerprint density at radius 2 is 1.83 bits per heavy atom. The maximum absolute atomic E-state index is 11.9. The van der Waals surface area contributed by atoms with E-state index in [1.165, 1.54) is 7.11 Å². The molecular weight excluding hydrogens is 230 g/mol. The lowest BCUT2D eigenvalue weighted by molar-refractivity contribution is -0.151. The van der Waals surface area contributed by atoms with Crippen molar-refractivity contribution in [2.45, 2.75) is 71.6 Å². The summed E-state index contributed by atoms with van der Waals surface area (Å²) in [5.74, 6) is -0.242. The highest BCUT2D eigenvalue weighted by Gasteiger charge is 2.36. The fraction of sp³-hybridized carbons (Fsp3) is 0.929. The molecule has 0 amide bonds. The Morgan fingerprint density at radius 3 is 2.22 bits per heavy atom. The largest absolute Gasteiger partial charge is 0.468 e. The van der Waals surface area contributed by atoms with Crippen molar-refractivity contribution in [2.24, 2.45) is 0 Å². The number of carbonyl (C=O) groups excluding carboxylic acids is 1. The summed E-state index contributed by atoms with van der Waals surface area (Å²) in [4.78, 5) is 11.9. The van der Waals surface area contributed by atoms with E-state index in [0.29, 0.717) is 6.42 Å². The van der Waals surface area contributed by atoms with Crippen molar-refractivity contribution in [3.05, 3.63) is 0 Å². The van der Waals surface area contributed by atoms with E-state index in [1.54, 1.807) is 0 Å². The standard InChI is InChI=1S/C14H29NO3/c1-8-13(4,5)18-11(3)10-14(6,15-9-2)12(16)17-7/h11,15H,8-10H2,1-7H3. The van der Waals surface area contributed by atoms with Gasteiger partial charge < -0.3 is 14.8 Å². The first-order valence-electron chi connectivity index (χ1n) is 6.72. The summed E-state index contributed by atoms with van der Waals surface area (Å²) >= 11 is 0. The zero-order chi connectivity index (χ0) is 14.4. The molecule has 0 saturated carbocycles. The molecule has 108 valence electrons. The first-order chi connectivity index (χ1) is 8.20. The zero-order valence-corrected chi connectivity index (χ0v) is 12.9. The van der Waals surface area contributed by atoms with Crippen LogP contribution in [0.1, 0.15) is 54.4 Å². The van der Waals surface area contributed by atoms with Crippen LogP contribution < -0.4 is 5.32 Å². The normalized spacial score (nSPS) is 17.1. The van der Waals surface area contributed by atoms with Crippen LogP contribution in [0.4, 0.5) is 0 Å². The lowest BCUT2D eigenvalue weighted by atomic mass is 9.94. The lowest BCUT2D eigenvalue weighted by Gasteiger charge is -2.34. The van der Waals surface area contributed by atoms with Crippen molar-refractivity contribution in [1.29, 1.82) is 0 Å². The van der Waals surface area contributed by atoms with E-state index in [0.717, 1.165) is 13.0 Å². The van der Waals surface area contributed by atoms with Crippen molar-refractivity contribution in [3.8, 4) is 0 Å². The van der Waals surface area contributed by atoms with Crippen LogP contribution >= 0.6 is 0 Å². The third kappa shape index (κ3) is 5.36. The van der Waals surface area contributed by atoms with Crippen molar-refractivity contribution in [3.63, 3.8) is 0 Å². The van der Waals surface area contributed by atoms with Crippen LogP contribution in [0.2, 0.25) is 0 Å². The Kier molecular flexibility index (Phi) is 6.86. The summed E-state index contributed by atoms with van der Waals surface area (Å²) in [5, 5.41) is 3.19. The number of esters is 1. The third-order valence-electron chi connectivity index (χ3n) is 3.27. The van der Waals surface area contributed by atoms with Gasteiger partial charge in [0.25, 0.3) is 0 Å². The van der Waals surface area contributed by atoms with Gasteiger partial charge in [0.1, 0.15) is 5.54 Å². The molecule has 0 spiro atoms. The predicted octanol–water partition coefficient (Wildman–Crippen LogP) is 2.51. The van der Waals surface area contributed by atoms with E-state index in [-0.39, 0.29) is 17.7 Å². The van der Waals surface area contributed by atoms with Gasteiger partial charge in [0.2, 0.25) is 0 Å². The molecule has 2 unspecified atom stereocenters. The molecule has 0 aliphatic rings. The minimum atomic E-state index is -0.688. The van der Waals surface area contributed by atoms with Crippen LogP contribution in [-0.4, -0.2) is 36.9 Å². The van der Waals surface area contributed by atoms with Crippen molar-refractivity contribution in [2.75, 3.05) is 13.7 Å². The van der Waals surface area contributed by atoms with E-state index >= 15 is 0 Å². The third-order valence-corrected chi connectivity index (χ3v) is 3.27. The average molecular weight is 259 g/mol. The first kappa shape index (κ1) is 17.4. The van der Waals surface area contributed by atoms with Crippen molar-refractivity contribution >= 4 is 5.97 Å². The van der Waals surface area contributed by atoms with Crippen molar-refractivity contribution in [1.82, 2.24) is 5.32 Å². The molecule has 0 fully saturated rings. The molecule has 18 heavy (non-hydrogen) atoms. The molecule has 0 aromatic rings. The second-order valence-corrected chi connectivity index (χ2v) is 5.60. The molecule has 2 atom stereocenters. The molecule has 4 nitrogen and oxygen atoms in total. The van der Waals surface area contributed by atoms with Crippen LogP contribution in [0.25, 0.3) is 0 Å². The maximum Gasteiger partial charge on any atom is 0.325 e. The van der Waals surface area contributed by atoms with E-state index in [4.69, 9.17) is 9.47 Å². The van der Waals surface area contributed by atoms with Gasteiger partial charge in [-0.25, -0.2) is 0 Å². The summed E-state index contributed by atoms with van der Waals surface area (Å²) in [6.45, 7) is 12.8. The van der Waals surface area contributed by atoms with Gasteiger partial charge in [-0.15, -0.1) is 0 Å². The van der Waals surface area contributed by atoms with Gasteiger partial charge in [-0.1, -0.05) is 13.8 Å². The molecule has 0 aromatic heterocycles. The Bertz CT molecular complexity index is 266. The Labute approximate surface area is 111 Å². The molecule has 0 aliphatic heterocycles. The molecule has 0 aliphatic carbocycles. The summed E-state index contributed by atoms with van der Waals surface area (Å²) in [6, 6.07) is 0. The molecule has 4 heteroatoms. The number of ether oxygens (including phenoxy) is 2. The van der Waals surface area contributed by atoms with Gasteiger partial charge in [-0.2, -0.15) is 0 Å². The molecule has 0 heterocycles. The molecule has 0 aromatic carbocycles. The van der Waals surface area contributed by atoms with Crippen LogP contribution in [0, 0.1) is 0 Å². The topological polar surface area (TPSA) is 47.6 Å². The minimum absolute atomic E-state index is 0.0110. The lowest BCUT2D eigenvalue weighted by Crippen LogP contribution is -2.52. The molecule has 0 radical (unpaired) electrons. The van der Waals surface area contributed by atoms with Crippen molar-refractivity contribution < 1.29 is 14.3 Å². The highest BCUT2D eigenvalue weighted by atomic mass is 16.5. The fourth-order valence-corrected chi connectivity index (χ4v) is 2.09. The molecule has 0 saturated heterocycles. The average Bonchev–Trinajstić information content (AvgIpc) is 2.27. The summed E-state index contributed by atoms with van der Waals surface area (Å²) in [7, 11) is 1.42. The summed E-state index contributed by atoms with van der Waals surface area (Å²) in [5.41, 5.74) is -0.852. The second-order valence-electron chi connectivity index (χ2n) is 5.60. The van der Waals surface area contributed by atoms with Gasteiger partial charge in [-0.3, -0.25) is 4.79 Å². The van der Waals surface area contributed by atoms with Gasteiger partial charge in [0, 0.05) is 6.42 Å². The number of carbonyl (C=O) groups is 1. The number of nitrogens with one attached hydrogen (secondary N) is 1. The van der Waals surface area contributed by atoms with Crippen LogP contribution in [-0.2, 0) is 14.3 Å². The fourth-order valence-electron chi connectivity index (χ4n) is 2.09. The van der Waals surface area contributed by atoms with Gasteiger partial charge in [0.05, 0.1) is 18.8 Å². The Hall–Kier alpha value is -0.610. The van der Waals surface area contributed by atoms with E-state index in [1.807, 2.05) is 20.8 Å². The van der Waals surface area contributed by atoms with Crippen LogP contribution in [0.3, 0.4) is 0 Å². The predicted molar refractivity (Wildman–Crippen MR) is 73.6 cm³/mol. The number of hydrogen-bond donors (Lipinski definition) is 1. The number of rotatable bonds is 8. The quantitative estimate of drug-likeness (QED) is 0.680. The van der Waals surface area contributed by atoms with E-state index in [2.05, 4.69) is 26.1 Å². The molecule has 1 N–H and O–H groups in total. The van der Waals surface area contributed by atoms with Crippen LogP contribution in [0.5, 0.6) is 0 Å². The summed E-state index contributed by atoms with van der Waals surface area (Å²) < 4.78 is 10.8. The monoisotopic (exact) mass is 259 g/mol. The Morgan fingerprint density at radius 1 is 1.28 bits per heavy atom. The second kappa shape index (κ2) is 7.10. The van der Waals surface area contributed by atoms with E-state index < -0.39 is 5.54 Å². The highest BCUT2D eigenvalue weighted by molar-refractivity contribution is 5.80. The smallest absolute Gasteiger partial charge is 0.325 e. The van der Waals surface area contributed by atoms with Crippen LogP contribution in [0.15, 0.2) is 0 Å². The minimum Gasteiger partial charge on any atom is -0.468 e. The SMILES string of the molecule is CCNC(C)(CC(C)OC(C)(C)CC)C(=O)OC. The summed E-state index contributed by atoms with van der Waals surface area (Å²) in [6.07, 6.45) is 1.52. The Balaban J connectivity index is 4.64. The van der Waals surface area contributed by atoms with Gasteiger partial charge >= 0.3 is 5.97 Å². The molecule has 0 rings (SSSR count). The maximum atomic E-state index is 11.9. The number of methoxy groups -OCH3 is 1. The van der Waals surface area contributed by atoms with Gasteiger partial charge in [0.15, 0.2) is 0 Å². The zero-order valence-electron chi connectivity index (χ0n) is 12.9. The first-order valence-corrected chi connectivity index (χ1v) is 6.72. The van der Waals surface area contributed by atoms with Gasteiger partial charge in [-0.05, 0) is 40.7 Å². The number of likely N-dealkylation sites (N-methyl/N-ethyl adjacent to an activating group) is 1. The number of hydrogen-bond acceptors (Lipinski definition) is 4. The highest BCUT2D eigenvalue weighted by Crippen LogP contribution is 2.22.